The van der Waals surface area contributed by atoms with Gasteiger partial charge in [0.25, 0.3) is 0 Å². The maximum absolute atomic E-state index is 5.44. The minimum absolute atomic E-state index is 0. The molecule has 0 bridgehead atoms. The van der Waals surface area contributed by atoms with Crippen LogP contribution in [0.3, 0.4) is 0 Å². The van der Waals surface area contributed by atoms with E-state index in [2.05, 4.69) is 38.5 Å². The van der Waals surface area contributed by atoms with E-state index in [0.29, 0.717) is 12.5 Å². The average molecular weight is 372 g/mol. The van der Waals surface area contributed by atoms with Crippen molar-refractivity contribution < 1.29 is 4.52 Å². The van der Waals surface area contributed by atoms with Gasteiger partial charge in [-0.25, -0.2) is 9.97 Å². The van der Waals surface area contributed by atoms with E-state index in [1.165, 1.54) is 24.1 Å². The van der Waals surface area contributed by atoms with E-state index in [-0.39, 0.29) is 24.8 Å². The van der Waals surface area contributed by atoms with Gasteiger partial charge < -0.3 is 14.7 Å². The minimum atomic E-state index is 0. The van der Waals surface area contributed by atoms with Gasteiger partial charge in [-0.2, -0.15) is 0 Å². The fourth-order valence-electron chi connectivity index (χ4n) is 3.06. The summed E-state index contributed by atoms with van der Waals surface area (Å²) in [5, 5.41) is 7.62. The van der Waals surface area contributed by atoms with E-state index in [0.717, 1.165) is 43.2 Å². The van der Waals surface area contributed by atoms with Crippen LogP contribution in [0.2, 0.25) is 0 Å². The first-order valence-electron chi connectivity index (χ1n) is 8.01. The quantitative estimate of drug-likeness (QED) is 0.890. The molecule has 1 saturated carbocycles. The molecule has 132 valence electrons. The molecule has 1 aliphatic heterocycles. The standard InChI is InChI=1S/C16H21N5O.2ClH/c1-21(9-12-8-15(22-20-12)11-2-3-11)16-13-4-6-17-7-5-14(13)18-10-19-16;;/h8,10-11,17H,2-7,9H2,1H3;2*1H. The molecule has 1 N–H and O–H groups in total. The molecule has 0 radical (unpaired) electrons. The fraction of sp³-hybridized carbons (Fsp3) is 0.562. The van der Waals surface area contributed by atoms with Crippen LogP contribution in [0.4, 0.5) is 5.82 Å². The summed E-state index contributed by atoms with van der Waals surface area (Å²) in [7, 11) is 2.06. The summed E-state index contributed by atoms with van der Waals surface area (Å²) >= 11 is 0. The third kappa shape index (κ3) is 3.99. The van der Waals surface area contributed by atoms with Gasteiger partial charge in [0.05, 0.1) is 12.2 Å². The molecule has 0 unspecified atom stereocenters. The zero-order valence-corrected chi connectivity index (χ0v) is 15.3. The molecule has 1 aliphatic carbocycles. The van der Waals surface area contributed by atoms with Crippen molar-refractivity contribution >= 4 is 30.6 Å². The van der Waals surface area contributed by atoms with Crippen molar-refractivity contribution in [2.24, 2.45) is 0 Å². The molecule has 0 spiro atoms. The second kappa shape index (κ2) is 8.14. The van der Waals surface area contributed by atoms with Gasteiger partial charge in [-0.1, -0.05) is 5.16 Å². The van der Waals surface area contributed by atoms with E-state index in [4.69, 9.17) is 4.52 Å². The Bertz CT molecular complexity index is 674. The molecule has 2 aliphatic rings. The lowest BCUT2D eigenvalue weighted by Crippen LogP contribution is -2.21. The third-order valence-corrected chi connectivity index (χ3v) is 4.42. The number of aromatic nitrogens is 3. The zero-order valence-electron chi connectivity index (χ0n) is 13.7. The Balaban J connectivity index is 0.00000104. The molecule has 4 rings (SSSR count). The van der Waals surface area contributed by atoms with Crippen molar-refractivity contribution in [3.05, 3.63) is 35.1 Å². The monoisotopic (exact) mass is 371 g/mol. The molecule has 6 nitrogen and oxygen atoms in total. The SMILES string of the molecule is CN(Cc1cc(C2CC2)on1)c1ncnc2c1CCNCC2.Cl.Cl. The molecule has 3 heterocycles. The Kier molecular flexibility index (Phi) is 6.43. The first-order valence-corrected chi connectivity index (χ1v) is 8.01. The number of nitrogens with one attached hydrogen (secondary N) is 1. The number of fused-ring (bicyclic) bond motifs is 1. The van der Waals surface area contributed by atoms with Gasteiger partial charge in [-0.15, -0.1) is 24.8 Å². The predicted molar refractivity (Wildman–Crippen MR) is 97.4 cm³/mol. The second-order valence-corrected chi connectivity index (χ2v) is 6.22. The normalized spacial score (nSPS) is 16.4. The van der Waals surface area contributed by atoms with E-state index in [1.54, 1.807) is 6.33 Å². The van der Waals surface area contributed by atoms with Crippen molar-refractivity contribution in [1.29, 1.82) is 0 Å². The maximum atomic E-state index is 5.44. The van der Waals surface area contributed by atoms with Crippen LogP contribution in [-0.4, -0.2) is 35.3 Å². The van der Waals surface area contributed by atoms with Crippen LogP contribution in [0, 0.1) is 0 Å². The van der Waals surface area contributed by atoms with Gasteiger partial charge >= 0.3 is 0 Å². The Morgan fingerprint density at radius 1 is 1.21 bits per heavy atom. The number of halogens is 2. The van der Waals surface area contributed by atoms with Crippen LogP contribution in [-0.2, 0) is 19.4 Å². The van der Waals surface area contributed by atoms with Crippen molar-refractivity contribution in [1.82, 2.24) is 20.4 Å². The topological polar surface area (TPSA) is 67.1 Å². The predicted octanol–water partition coefficient (Wildman–Crippen LogP) is 2.51. The number of hydrogen-bond donors (Lipinski definition) is 1. The molecular weight excluding hydrogens is 349 g/mol. The van der Waals surface area contributed by atoms with Crippen LogP contribution in [0.1, 0.15) is 41.5 Å². The van der Waals surface area contributed by atoms with Crippen molar-refractivity contribution in [3.63, 3.8) is 0 Å². The highest BCUT2D eigenvalue weighted by atomic mass is 35.5. The third-order valence-electron chi connectivity index (χ3n) is 4.42. The summed E-state index contributed by atoms with van der Waals surface area (Å²) in [6, 6.07) is 2.09. The molecule has 0 aromatic carbocycles. The Labute approximate surface area is 154 Å². The lowest BCUT2D eigenvalue weighted by Gasteiger charge is -2.20. The van der Waals surface area contributed by atoms with Crippen molar-refractivity contribution in [2.75, 3.05) is 25.0 Å². The molecule has 2 aromatic heterocycles. The number of hydrogen-bond acceptors (Lipinski definition) is 6. The molecule has 8 heteroatoms. The van der Waals surface area contributed by atoms with E-state index >= 15 is 0 Å². The highest BCUT2D eigenvalue weighted by molar-refractivity contribution is 5.85. The zero-order chi connectivity index (χ0) is 14.9. The number of anilines is 1. The Morgan fingerprint density at radius 2 is 2.00 bits per heavy atom. The number of nitrogens with zero attached hydrogens (tertiary/aromatic N) is 4. The highest BCUT2D eigenvalue weighted by Crippen LogP contribution is 2.40. The molecule has 0 saturated heterocycles. The van der Waals surface area contributed by atoms with E-state index < -0.39 is 0 Å². The lowest BCUT2D eigenvalue weighted by atomic mass is 10.1. The largest absolute Gasteiger partial charge is 0.361 e. The van der Waals surface area contributed by atoms with Gasteiger partial charge in [-0.3, -0.25) is 0 Å². The van der Waals surface area contributed by atoms with Gasteiger partial charge in [0, 0.05) is 37.6 Å². The summed E-state index contributed by atoms with van der Waals surface area (Å²) in [6.45, 7) is 2.69. The first-order chi connectivity index (χ1) is 10.8. The molecule has 24 heavy (non-hydrogen) atoms. The maximum Gasteiger partial charge on any atom is 0.140 e. The van der Waals surface area contributed by atoms with Crippen LogP contribution in [0.15, 0.2) is 16.9 Å². The molecule has 0 atom stereocenters. The van der Waals surface area contributed by atoms with Crippen LogP contribution in [0.25, 0.3) is 0 Å². The fourth-order valence-corrected chi connectivity index (χ4v) is 3.06. The van der Waals surface area contributed by atoms with Crippen molar-refractivity contribution in [2.45, 2.75) is 38.1 Å². The van der Waals surface area contributed by atoms with Crippen LogP contribution >= 0.6 is 24.8 Å². The summed E-state index contributed by atoms with van der Waals surface area (Å²) in [6.07, 6.45) is 6.08. The van der Waals surface area contributed by atoms with E-state index in [9.17, 15) is 0 Å². The molecule has 2 aromatic rings. The Morgan fingerprint density at radius 3 is 2.79 bits per heavy atom. The lowest BCUT2D eigenvalue weighted by molar-refractivity contribution is 0.378. The summed E-state index contributed by atoms with van der Waals surface area (Å²) < 4.78 is 5.44. The van der Waals surface area contributed by atoms with E-state index in [1.807, 2.05) is 0 Å². The smallest absolute Gasteiger partial charge is 0.140 e. The summed E-state index contributed by atoms with van der Waals surface area (Å²) in [5.74, 6) is 2.66. The summed E-state index contributed by atoms with van der Waals surface area (Å²) in [4.78, 5) is 11.1. The van der Waals surface area contributed by atoms with Crippen LogP contribution < -0.4 is 10.2 Å². The van der Waals surface area contributed by atoms with Gasteiger partial charge in [0.2, 0.25) is 0 Å². The van der Waals surface area contributed by atoms with Gasteiger partial charge in [-0.05, 0) is 25.8 Å². The molecule has 1 fully saturated rings. The first kappa shape index (κ1) is 19.0. The molecule has 0 amide bonds. The van der Waals surface area contributed by atoms with Gasteiger partial charge in [0.1, 0.15) is 23.6 Å². The van der Waals surface area contributed by atoms with Gasteiger partial charge in [0.15, 0.2) is 0 Å². The van der Waals surface area contributed by atoms with Crippen molar-refractivity contribution in [3.8, 4) is 0 Å². The Hall–Kier alpha value is -1.37. The number of rotatable bonds is 4. The van der Waals surface area contributed by atoms with Crippen LogP contribution in [0.5, 0.6) is 0 Å². The minimum Gasteiger partial charge on any atom is -0.361 e. The summed E-state index contributed by atoms with van der Waals surface area (Å²) in [5.41, 5.74) is 3.41. The average Bonchev–Trinajstić information content (AvgIpc) is 3.31. The highest BCUT2D eigenvalue weighted by Gasteiger charge is 2.28. The molecular formula is C16H23Cl2N5O. The second-order valence-electron chi connectivity index (χ2n) is 6.22.